The summed E-state index contributed by atoms with van der Waals surface area (Å²) in [5, 5.41) is 50.5. The number of fused-ring (bicyclic) bond motifs is 6. The first kappa shape index (κ1) is 91.1. The van der Waals surface area contributed by atoms with E-state index < -0.39 is 5.82 Å². The normalized spacial score (nSPS) is 13.9. The zero-order valence-corrected chi connectivity index (χ0v) is 75.9. The van der Waals surface area contributed by atoms with E-state index in [9.17, 15) is 43.7 Å². The highest BCUT2D eigenvalue weighted by Gasteiger charge is 2.35. The fourth-order valence-electron chi connectivity index (χ4n) is 16.0. The van der Waals surface area contributed by atoms with Crippen molar-refractivity contribution in [2.24, 2.45) is 42.6 Å². The smallest absolute Gasteiger partial charge is 0.228 e. The lowest BCUT2D eigenvalue weighted by Crippen LogP contribution is -2.14. The van der Waals surface area contributed by atoms with Crippen LogP contribution in [0.15, 0.2) is 213 Å². The van der Waals surface area contributed by atoms with Gasteiger partial charge in [0.2, 0.25) is 35.4 Å². The van der Waals surface area contributed by atoms with Gasteiger partial charge in [0.15, 0.2) is 5.82 Å². The van der Waals surface area contributed by atoms with Crippen LogP contribution in [0.25, 0.3) is 109 Å². The molecule has 7 aromatic heterocycles. The lowest BCUT2D eigenvalue weighted by Gasteiger charge is -2.13. The fraction of sp³-hybridized carbons (Fsp3) is 0.224. The first-order chi connectivity index (χ1) is 65.6. The molecule has 7 heterocycles. The van der Waals surface area contributed by atoms with Gasteiger partial charge in [-0.25, -0.2) is 34.3 Å². The highest BCUT2D eigenvalue weighted by Crippen LogP contribution is 2.43. The van der Waals surface area contributed by atoms with E-state index in [1.54, 1.807) is 60.1 Å². The molecule has 28 nitrogen and oxygen atoms in total. The number of anilines is 12. The Morgan fingerprint density at radius 3 is 0.949 bits per heavy atom. The molecule has 29 heteroatoms. The largest absolute Gasteiger partial charge is 0.398 e. The number of hydrogen-bond donors (Lipinski definition) is 12. The molecule has 6 saturated carbocycles. The number of rotatable bonds is 16. The number of nitriles is 2. The summed E-state index contributed by atoms with van der Waals surface area (Å²) in [4.78, 5) is 96.7. The number of carbonyl (C=O) groups is 6. The second-order valence-corrected chi connectivity index (χ2v) is 35.6. The number of aryl methyl sites for hydroxylation is 6. The topological polar surface area (TPSA) is 473 Å². The third kappa shape index (κ3) is 20.9. The molecule has 0 atom stereocenters. The van der Waals surface area contributed by atoms with Crippen LogP contribution in [0.2, 0.25) is 0 Å². The predicted octanol–water partition coefficient (Wildman–Crippen LogP) is 19.8. The Morgan fingerprint density at radius 1 is 0.316 bits per heavy atom. The molecule has 6 aliphatic carbocycles. The van der Waals surface area contributed by atoms with Gasteiger partial charge >= 0.3 is 0 Å². The van der Waals surface area contributed by atoms with Gasteiger partial charge in [-0.2, -0.15) is 15.6 Å². The second kappa shape index (κ2) is 38.9. The fourth-order valence-corrected chi connectivity index (χ4v) is 16.0. The van der Waals surface area contributed by atoms with Crippen LogP contribution in [-0.2, 0) is 35.8 Å². The molecule has 0 bridgehead atoms. The molecule has 9 aromatic carbocycles. The SMILES string of the molecule is Cc1ccc2cc(NC(=O)C3CC3)ncc2c1N.Cc1ccc2cc(NC(=O)C3CC3)ncc2c1N.Cc1ccccc1-c1cc(N)c2cnc(NC(=O)C3CC3)cc2c1.Cc1ccccc1-c1cc2cc(NC(=O)C3CC3)ncc2c(N)c1C#N.Cc1ccccc1-c1cc2cc(NC(=O)C3CC3)ncc2c(N)c1F.Cn1cc(-c2cc3cc(NC(=O)C4CC4)ncc3c(N)c2C#N)cn1. The van der Waals surface area contributed by atoms with Crippen LogP contribution in [0, 0.1) is 98.6 Å². The summed E-state index contributed by atoms with van der Waals surface area (Å²) < 4.78 is 16.5. The molecule has 18 N–H and O–H groups in total. The van der Waals surface area contributed by atoms with Gasteiger partial charge in [0.25, 0.3) is 0 Å². The standard InChI is InChI=1S/C21H18N4O.C20H18FN3O.C20H19N3O.C18H16N6O.2C14H15N3O/c1-12-4-2-3-5-15(12)16-8-14-9-19(25-21(26)13-6-7-13)24-11-18(14)20(23)17(16)10-22;1-11-4-2-3-5-14(11)15-8-13-9-17(24-20(25)12-6-7-12)23-10-16(13)19(22)18(15)21;1-12-4-2-3-5-16(12)14-8-15-10-19(23-20(24)13-6-7-13)22-11-17(15)18(21)9-14;1-24-9-12(7-22-24)13-4-11-5-16(23-18(25)10-2-3-10)21-8-15(11)17(20)14(13)6-19;2*1-8-2-3-10-6-12(16-7-11(10)13(8)15)17-14(18)9-4-5-9/h2-5,8-9,11,13H,6-7,23H2,1H3,(H,24,25,26);2-5,8-10,12H,6-7,22H2,1H3,(H,23,24,25);2-5,8-11,13H,6-7,21H2,1H3,(H,22,23,24);4-5,7-10H,2-3,20H2,1H3,(H,21,23,25);2*2-3,6-7,9H,4-5,15H2,1H3,(H,16,17,18). The van der Waals surface area contributed by atoms with Gasteiger partial charge in [0.1, 0.15) is 47.0 Å². The van der Waals surface area contributed by atoms with Crippen LogP contribution in [-0.4, -0.2) is 75.1 Å². The Hall–Kier alpha value is -16.8. The molecule has 0 aliphatic heterocycles. The molecule has 0 radical (unpaired) electrons. The molecule has 16 aromatic rings. The number of pyridine rings is 6. The quantitative estimate of drug-likeness (QED) is 0.0400. The van der Waals surface area contributed by atoms with Crippen LogP contribution in [0.5, 0.6) is 0 Å². The zero-order chi connectivity index (χ0) is 95.4. The van der Waals surface area contributed by atoms with E-state index in [4.69, 9.17) is 34.4 Å². The van der Waals surface area contributed by atoms with E-state index in [1.165, 1.54) is 11.8 Å². The van der Waals surface area contributed by atoms with E-state index >= 15 is 0 Å². The average Bonchev–Trinajstić information content (AvgIpc) is 1.75. The summed E-state index contributed by atoms with van der Waals surface area (Å²) in [6.45, 7) is 9.96. The van der Waals surface area contributed by atoms with Crippen LogP contribution >= 0.6 is 0 Å². The van der Waals surface area contributed by atoms with Crippen molar-refractivity contribution in [2.45, 2.75) is 112 Å². The minimum Gasteiger partial charge on any atom is -0.398 e. The summed E-state index contributed by atoms with van der Waals surface area (Å²) >= 11 is 0. The third-order valence-electron chi connectivity index (χ3n) is 25.1. The first-order valence-electron chi connectivity index (χ1n) is 45.2. The van der Waals surface area contributed by atoms with Crippen molar-refractivity contribution in [1.82, 2.24) is 39.7 Å². The van der Waals surface area contributed by atoms with Crippen LogP contribution < -0.4 is 66.3 Å². The number of nitrogens with one attached hydrogen (secondary N) is 6. The van der Waals surface area contributed by atoms with Crippen LogP contribution in [0.3, 0.4) is 0 Å². The third-order valence-corrected chi connectivity index (χ3v) is 25.1. The molecule has 22 rings (SSSR count). The summed E-state index contributed by atoms with van der Waals surface area (Å²) in [6, 6.07) is 56.7. The van der Waals surface area contributed by atoms with Crippen molar-refractivity contribution in [3.63, 3.8) is 0 Å². The lowest BCUT2D eigenvalue weighted by molar-refractivity contribution is -0.118. The molecule has 0 spiro atoms. The minimum absolute atomic E-state index is 0.000879. The molecule has 6 aliphatic rings. The predicted molar refractivity (Wildman–Crippen MR) is 537 cm³/mol. The molecule has 0 saturated heterocycles. The number of hydrogen-bond acceptors (Lipinski definition) is 21. The molecule has 0 unspecified atom stereocenters. The van der Waals surface area contributed by atoms with Crippen molar-refractivity contribution >= 4 is 169 Å². The van der Waals surface area contributed by atoms with Crippen LogP contribution in [0.4, 0.5) is 73.4 Å². The van der Waals surface area contributed by atoms with Gasteiger partial charge in [0, 0.05) is 158 Å². The number of carbonyl (C=O) groups excluding carboxylic acids is 6. The number of aromatic nitrogens is 8. The monoisotopic (exact) mass is 1810 g/mol. The maximum atomic E-state index is 14.8. The summed E-state index contributed by atoms with van der Waals surface area (Å²) in [5.41, 5.74) is 52.7. The van der Waals surface area contributed by atoms with Gasteiger partial charge in [-0.05, 0) is 261 Å². The Bertz CT molecular complexity index is 7500. The molecule has 136 heavy (non-hydrogen) atoms. The number of benzene rings is 9. The van der Waals surface area contributed by atoms with E-state index in [-0.39, 0.29) is 76.6 Å². The number of halogens is 1. The number of nitrogen functional groups attached to an aromatic ring is 6. The second-order valence-electron chi connectivity index (χ2n) is 35.6. The Morgan fingerprint density at radius 2 is 0.610 bits per heavy atom. The Balaban J connectivity index is 0.000000114. The van der Waals surface area contributed by atoms with Crippen molar-refractivity contribution in [1.29, 1.82) is 10.5 Å². The number of nitrogens with two attached hydrogens (primary N) is 6. The average molecular weight is 1810 g/mol. The van der Waals surface area contributed by atoms with Crippen molar-refractivity contribution in [2.75, 3.05) is 66.3 Å². The molecular formula is C107H101FN22O6. The highest BCUT2D eigenvalue weighted by atomic mass is 19.1. The van der Waals surface area contributed by atoms with Gasteiger partial charge in [-0.3, -0.25) is 33.4 Å². The summed E-state index contributed by atoms with van der Waals surface area (Å²) in [6.07, 6.45) is 24.9. The van der Waals surface area contributed by atoms with E-state index in [2.05, 4.69) is 104 Å². The van der Waals surface area contributed by atoms with Crippen LogP contribution in [0.1, 0.15) is 116 Å². The van der Waals surface area contributed by atoms with E-state index in [1.807, 2.05) is 168 Å². The minimum atomic E-state index is -0.446. The van der Waals surface area contributed by atoms with E-state index in [0.717, 1.165) is 193 Å². The molecule has 6 fully saturated rings. The lowest BCUT2D eigenvalue weighted by atomic mass is 9.92. The number of amides is 6. The maximum absolute atomic E-state index is 14.8. The van der Waals surface area contributed by atoms with Crippen molar-refractivity contribution in [3.05, 3.63) is 258 Å². The Kier molecular flexibility index (Phi) is 26.1. The number of nitrogens with zero attached hydrogens (tertiary/aromatic N) is 10. The Labute approximate surface area is 783 Å². The molecule has 6 amide bonds. The maximum Gasteiger partial charge on any atom is 0.228 e. The highest BCUT2D eigenvalue weighted by molar-refractivity contribution is 6.08. The van der Waals surface area contributed by atoms with Gasteiger partial charge in [-0.15, -0.1) is 0 Å². The van der Waals surface area contributed by atoms with Gasteiger partial charge in [0.05, 0.1) is 34.4 Å². The summed E-state index contributed by atoms with van der Waals surface area (Å²) in [7, 11) is 1.81. The zero-order valence-electron chi connectivity index (χ0n) is 75.9. The van der Waals surface area contributed by atoms with Crippen molar-refractivity contribution in [3.8, 4) is 56.6 Å². The van der Waals surface area contributed by atoms with Crippen molar-refractivity contribution < 1.29 is 33.2 Å². The first-order valence-corrected chi connectivity index (χ1v) is 45.2. The van der Waals surface area contributed by atoms with E-state index in [0.29, 0.717) is 90.4 Å². The summed E-state index contributed by atoms with van der Waals surface area (Å²) in [5.74, 6) is 3.85. The molecule has 682 valence electrons. The molecular weight excluding hydrogens is 1710 g/mol. The van der Waals surface area contributed by atoms with Gasteiger partial charge in [-0.1, -0.05) is 97.1 Å². The van der Waals surface area contributed by atoms with Gasteiger partial charge < -0.3 is 66.3 Å².